The predicted molar refractivity (Wildman–Crippen MR) is 80.3 cm³/mol. The van der Waals surface area contributed by atoms with Gasteiger partial charge in [-0.1, -0.05) is 18.2 Å². The van der Waals surface area contributed by atoms with Gasteiger partial charge in [0.1, 0.15) is 0 Å². The van der Waals surface area contributed by atoms with Crippen molar-refractivity contribution in [2.24, 2.45) is 0 Å². The number of rotatable bonds is 4. The zero-order chi connectivity index (χ0) is 14.7. The highest BCUT2D eigenvalue weighted by molar-refractivity contribution is 5.30. The van der Waals surface area contributed by atoms with E-state index < -0.39 is 0 Å². The smallest absolute Gasteiger partial charge is 0.0933 e. The molecular formula is C16H21N3O2. The van der Waals surface area contributed by atoms with Crippen molar-refractivity contribution in [3.8, 4) is 5.69 Å². The van der Waals surface area contributed by atoms with Crippen molar-refractivity contribution < 1.29 is 9.84 Å². The molecule has 1 aromatic carbocycles. The topological polar surface area (TPSA) is 50.5 Å². The Morgan fingerprint density at radius 1 is 1.33 bits per heavy atom. The summed E-state index contributed by atoms with van der Waals surface area (Å²) in [4.78, 5) is 2.33. The van der Waals surface area contributed by atoms with Crippen LogP contribution in [-0.2, 0) is 11.3 Å². The van der Waals surface area contributed by atoms with Crippen LogP contribution < -0.4 is 0 Å². The van der Waals surface area contributed by atoms with E-state index in [4.69, 9.17) is 4.74 Å². The molecule has 0 aliphatic carbocycles. The van der Waals surface area contributed by atoms with Gasteiger partial charge in [0, 0.05) is 30.9 Å². The lowest BCUT2D eigenvalue weighted by molar-refractivity contribution is -0.0805. The third-order valence-corrected chi connectivity index (χ3v) is 3.88. The van der Waals surface area contributed by atoms with Gasteiger partial charge in [-0.2, -0.15) is 5.10 Å². The number of benzene rings is 1. The first kappa shape index (κ1) is 14.3. The van der Waals surface area contributed by atoms with Crippen molar-refractivity contribution in [1.29, 1.82) is 0 Å². The Morgan fingerprint density at radius 3 is 2.90 bits per heavy atom. The number of hydrogen-bond donors (Lipinski definition) is 1. The maximum Gasteiger partial charge on any atom is 0.0933 e. The van der Waals surface area contributed by atoms with Crippen LogP contribution in [0.25, 0.3) is 5.69 Å². The molecule has 1 fully saturated rings. The van der Waals surface area contributed by atoms with Crippen LogP contribution >= 0.6 is 0 Å². The van der Waals surface area contributed by atoms with Gasteiger partial charge in [0.25, 0.3) is 0 Å². The second-order valence-electron chi connectivity index (χ2n) is 5.55. The molecule has 1 aliphatic rings. The molecule has 2 heterocycles. The second-order valence-corrected chi connectivity index (χ2v) is 5.55. The van der Waals surface area contributed by atoms with E-state index in [9.17, 15) is 5.11 Å². The third kappa shape index (κ3) is 3.32. The number of aliphatic hydroxyl groups excluding tert-OH is 1. The van der Waals surface area contributed by atoms with Gasteiger partial charge in [-0.25, -0.2) is 4.68 Å². The summed E-state index contributed by atoms with van der Waals surface area (Å²) in [6, 6.07) is 10.4. The average molecular weight is 287 g/mol. The van der Waals surface area contributed by atoms with Crippen LogP contribution in [0.2, 0.25) is 0 Å². The normalized spacial score (nSPS) is 23.3. The Bertz CT molecular complexity index is 570. The van der Waals surface area contributed by atoms with Gasteiger partial charge >= 0.3 is 0 Å². The van der Waals surface area contributed by atoms with Gasteiger partial charge in [0.05, 0.1) is 31.2 Å². The van der Waals surface area contributed by atoms with E-state index in [1.54, 1.807) is 0 Å². The molecule has 5 heteroatoms. The third-order valence-electron chi connectivity index (χ3n) is 3.88. The van der Waals surface area contributed by atoms with E-state index in [0.29, 0.717) is 12.6 Å². The zero-order valence-corrected chi connectivity index (χ0v) is 12.2. The molecule has 0 amide bonds. The van der Waals surface area contributed by atoms with Gasteiger partial charge in [-0.15, -0.1) is 0 Å². The highest BCUT2D eigenvalue weighted by Crippen LogP contribution is 2.16. The Balaban J connectivity index is 1.69. The fraction of sp³-hybridized carbons (Fsp3) is 0.438. The first-order valence-electron chi connectivity index (χ1n) is 7.31. The minimum atomic E-state index is -0.0784. The molecule has 2 unspecified atom stereocenters. The van der Waals surface area contributed by atoms with E-state index in [1.807, 2.05) is 41.2 Å². The predicted octanol–water partition coefficient (Wildman–Crippen LogP) is 1.45. The Hall–Kier alpha value is -1.69. The van der Waals surface area contributed by atoms with Gasteiger partial charge in [-0.3, -0.25) is 4.90 Å². The van der Waals surface area contributed by atoms with Crippen LogP contribution in [-0.4, -0.2) is 51.7 Å². The summed E-state index contributed by atoms with van der Waals surface area (Å²) >= 11 is 0. The number of ether oxygens (including phenoxy) is 1. The van der Waals surface area contributed by atoms with Gasteiger partial charge < -0.3 is 9.84 Å². The molecular weight excluding hydrogens is 266 g/mol. The fourth-order valence-electron chi connectivity index (χ4n) is 2.60. The number of aliphatic hydroxyl groups is 1. The van der Waals surface area contributed by atoms with Crippen molar-refractivity contribution >= 4 is 0 Å². The number of morpholine rings is 1. The Kier molecular flexibility index (Phi) is 4.34. The molecule has 2 atom stereocenters. The van der Waals surface area contributed by atoms with Gasteiger partial charge in [0.2, 0.25) is 0 Å². The summed E-state index contributed by atoms with van der Waals surface area (Å²) in [5.74, 6) is 0. The molecule has 3 rings (SSSR count). The van der Waals surface area contributed by atoms with E-state index in [2.05, 4.69) is 23.1 Å². The summed E-state index contributed by atoms with van der Waals surface area (Å²) in [5.41, 5.74) is 2.23. The number of hydrogen-bond acceptors (Lipinski definition) is 4. The number of nitrogens with zero attached hydrogens (tertiary/aromatic N) is 3. The average Bonchev–Trinajstić information content (AvgIpc) is 2.99. The van der Waals surface area contributed by atoms with Crippen LogP contribution in [0.3, 0.4) is 0 Å². The van der Waals surface area contributed by atoms with Crippen molar-refractivity contribution in [1.82, 2.24) is 14.7 Å². The summed E-state index contributed by atoms with van der Waals surface area (Å²) in [6.07, 6.45) is 3.89. The molecule has 0 bridgehead atoms. The zero-order valence-electron chi connectivity index (χ0n) is 12.2. The summed E-state index contributed by atoms with van der Waals surface area (Å²) in [6.45, 7) is 4.47. The molecule has 0 saturated carbocycles. The molecule has 21 heavy (non-hydrogen) atoms. The van der Waals surface area contributed by atoms with Crippen molar-refractivity contribution in [3.05, 3.63) is 48.3 Å². The Labute approximate surface area is 124 Å². The molecule has 2 aromatic rings. The van der Waals surface area contributed by atoms with Gasteiger partial charge in [-0.05, 0) is 19.1 Å². The van der Waals surface area contributed by atoms with E-state index in [-0.39, 0.29) is 12.7 Å². The number of aromatic nitrogens is 2. The lowest BCUT2D eigenvalue weighted by Gasteiger charge is -2.37. The van der Waals surface area contributed by atoms with Crippen LogP contribution in [0, 0.1) is 0 Å². The van der Waals surface area contributed by atoms with Gasteiger partial charge in [0.15, 0.2) is 0 Å². The van der Waals surface area contributed by atoms with Crippen molar-refractivity contribution in [2.45, 2.75) is 25.6 Å². The highest BCUT2D eigenvalue weighted by Gasteiger charge is 2.25. The number of para-hydroxylation sites is 1. The van der Waals surface area contributed by atoms with Crippen LogP contribution in [0.5, 0.6) is 0 Å². The Morgan fingerprint density at radius 2 is 2.14 bits per heavy atom. The summed E-state index contributed by atoms with van der Waals surface area (Å²) < 4.78 is 7.46. The highest BCUT2D eigenvalue weighted by atomic mass is 16.5. The molecule has 0 spiro atoms. The lowest BCUT2D eigenvalue weighted by atomic mass is 10.2. The first-order valence-corrected chi connectivity index (χ1v) is 7.31. The first-order chi connectivity index (χ1) is 10.3. The largest absolute Gasteiger partial charge is 0.394 e. The minimum Gasteiger partial charge on any atom is -0.394 e. The van der Waals surface area contributed by atoms with E-state index in [0.717, 1.165) is 18.8 Å². The minimum absolute atomic E-state index is 0.0759. The molecule has 5 nitrogen and oxygen atoms in total. The molecule has 1 N–H and O–H groups in total. The quantitative estimate of drug-likeness (QED) is 0.925. The monoisotopic (exact) mass is 287 g/mol. The molecule has 112 valence electrons. The molecule has 1 saturated heterocycles. The molecule has 0 radical (unpaired) electrons. The second kappa shape index (κ2) is 6.39. The molecule has 1 aliphatic heterocycles. The SMILES string of the molecule is CC1COC(CO)CN1Cc1cnn(-c2ccccc2)c1. The molecule has 1 aromatic heterocycles. The van der Waals surface area contributed by atoms with Crippen LogP contribution in [0.1, 0.15) is 12.5 Å². The standard InChI is InChI=1S/C16H21N3O2/c1-13-12-21-16(11-20)10-18(13)8-14-7-17-19(9-14)15-5-3-2-4-6-15/h2-7,9,13,16,20H,8,10-12H2,1H3. The summed E-state index contributed by atoms with van der Waals surface area (Å²) in [7, 11) is 0. The van der Waals surface area contributed by atoms with Crippen LogP contribution in [0.15, 0.2) is 42.7 Å². The maximum absolute atomic E-state index is 9.25. The fourth-order valence-corrected chi connectivity index (χ4v) is 2.60. The van der Waals surface area contributed by atoms with Crippen molar-refractivity contribution in [2.75, 3.05) is 19.8 Å². The van der Waals surface area contributed by atoms with E-state index >= 15 is 0 Å². The maximum atomic E-state index is 9.25. The van der Waals surface area contributed by atoms with E-state index in [1.165, 1.54) is 5.56 Å². The van der Waals surface area contributed by atoms with Crippen molar-refractivity contribution in [3.63, 3.8) is 0 Å². The van der Waals surface area contributed by atoms with Crippen LogP contribution in [0.4, 0.5) is 0 Å². The lowest BCUT2D eigenvalue weighted by Crippen LogP contribution is -2.48. The summed E-state index contributed by atoms with van der Waals surface area (Å²) in [5, 5.41) is 13.7.